The normalized spacial score (nSPS) is 18.3. The quantitative estimate of drug-likeness (QED) is 0.336. The highest BCUT2D eigenvalue weighted by molar-refractivity contribution is 5.73. The highest BCUT2D eigenvalue weighted by Crippen LogP contribution is 2.33. The molecule has 10 nitrogen and oxygen atoms in total. The monoisotopic (exact) mass is 536 g/mol. The minimum atomic E-state index is -2.86. The number of carbonyl (C=O) groups excluding carboxylic acids is 1. The molecule has 2 aliphatic heterocycles. The number of likely N-dealkylation sites (tertiary alicyclic amines) is 2. The maximum atomic E-state index is 13.8. The fraction of sp³-hybridized carbons (Fsp3) is 0.500. The number of carbonyl (C=O) groups is 1. The van der Waals surface area contributed by atoms with Crippen LogP contribution in [-0.4, -0.2) is 77.6 Å². The SMILES string of the molecule is CC(=O)N1CCC(N2CC(n3cc(NC(O)c4cccc(-c5cnn(C(F)F)c5)n4)c(C(F)F)n3)C2)CC1. The number of anilines is 1. The van der Waals surface area contributed by atoms with Crippen LogP contribution in [0, 0.1) is 0 Å². The van der Waals surface area contributed by atoms with Crippen molar-refractivity contribution in [2.75, 3.05) is 31.5 Å². The number of aromatic nitrogens is 5. The standard InChI is InChI=1S/C24H28F4N8O2/c1-14(37)33-7-5-16(6-8-33)34-11-17(12-34)35-13-20(21(32-35)22(25)26)31-23(38)19-4-2-3-18(30-19)15-9-29-36(10-15)24(27)28/h2-4,9-10,13,16-17,22-24,31,38H,5-8,11-12H2,1H3. The fourth-order valence-electron chi connectivity index (χ4n) is 4.93. The van der Waals surface area contributed by atoms with Crippen molar-refractivity contribution >= 4 is 11.6 Å². The summed E-state index contributed by atoms with van der Waals surface area (Å²) < 4.78 is 55.2. The van der Waals surface area contributed by atoms with Gasteiger partial charge in [-0.3, -0.25) is 14.4 Å². The zero-order chi connectivity index (χ0) is 27.0. The number of aliphatic hydroxyl groups excluding tert-OH is 1. The van der Waals surface area contributed by atoms with E-state index in [4.69, 9.17) is 0 Å². The Bertz CT molecular complexity index is 1270. The third-order valence-electron chi connectivity index (χ3n) is 7.10. The Morgan fingerprint density at radius 2 is 1.84 bits per heavy atom. The first-order chi connectivity index (χ1) is 18.2. The van der Waals surface area contributed by atoms with Gasteiger partial charge in [-0.1, -0.05) is 6.07 Å². The topological polar surface area (TPSA) is 104 Å². The number of nitrogens with one attached hydrogen (secondary N) is 1. The second kappa shape index (κ2) is 10.7. The largest absolute Gasteiger partial charge is 0.368 e. The Labute approximate surface area is 215 Å². The van der Waals surface area contributed by atoms with Crippen LogP contribution < -0.4 is 5.32 Å². The van der Waals surface area contributed by atoms with E-state index < -0.39 is 24.9 Å². The van der Waals surface area contributed by atoms with Gasteiger partial charge < -0.3 is 15.3 Å². The third kappa shape index (κ3) is 5.36. The van der Waals surface area contributed by atoms with Crippen LogP contribution in [0.3, 0.4) is 0 Å². The van der Waals surface area contributed by atoms with Gasteiger partial charge in [-0.15, -0.1) is 0 Å². The van der Waals surface area contributed by atoms with Gasteiger partial charge in [-0.05, 0) is 25.0 Å². The molecule has 1 amide bonds. The molecule has 38 heavy (non-hydrogen) atoms. The molecule has 1 unspecified atom stereocenters. The Morgan fingerprint density at radius 3 is 2.47 bits per heavy atom. The van der Waals surface area contributed by atoms with E-state index in [1.165, 1.54) is 23.1 Å². The van der Waals surface area contributed by atoms with Crippen molar-refractivity contribution in [3.05, 3.63) is 48.2 Å². The van der Waals surface area contributed by atoms with Crippen LogP contribution >= 0.6 is 0 Å². The molecule has 2 N–H and O–H groups in total. The van der Waals surface area contributed by atoms with Gasteiger partial charge in [0.2, 0.25) is 5.91 Å². The Hall–Kier alpha value is -3.52. The first kappa shape index (κ1) is 26.1. The zero-order valence-corrected chi connectivity index (χ0v) is 20.6. The summed E-state index contributed by atoms with van der Waals surface area (Å²) in [6.45, 7) is 1.52. The summed E-state index contributed by atoms with van der Waals surface area (Å²) in [5.41, 5.74) is 0.239. The molecular formula is C24H28F4N8O2. The number of pyridine rings is 1. The molecule has 5 heterocycles. The Morgan fingerprint density at radius 1 is 1.11 bits per heavy atom. The van der Waals surface area contributed by atoms with Gasteiger partial charge in [0.05, 0.1) is 29.3 Å². The highest BCUT2D eigenvalue weighted by Gasteiger charge is 2.36. The number of amides is 1. The van der Waals surface area contributed by atoms with E-state index in [0.29, 0.717) is 48.2 Å². The molecule has 2 saturated heterocycles. The van der Waals surface area contributed by atoms with E-state index in [9.17, 15) is 27.5 Å². The fourth-order valence-corrected chi connectivity index (χ4v) is 4.93. The molecule has 0 aliphatic carbocycles. The lowest BCUT2D eigenvalue weighted by Gasteiger charge is -2.47. The maximum absolute atomic E-state index is 13.8. The average molecular weight is 537 g/mol. The number of rotatable bonds is 8. The molecule has 204 valence electrons. The zero-order valence-electron chi connectivity index (χ0n) is 20.6. The third-order valence-corrected chi connectivity index (χ3v) is 7.10. The Kier molecular flexibility index (Phi) is 7.34. The summed E-state index contributed by atoms with van der Waals surface area (Å²) in [5.74, 6) is 0.0769. The molecule has 2 aliphatic rings. The predicted molar refractivity (Wildman–Crippen MR) is 128 cm³/mol. The molecule has 0 aromatic carbocycles. The second-order valence-electron chi connectivity index (χ2n) is 9.53. The van der Waals surface area contributed by atoms with Crippen molar-refractivity contribution in [1.82, 2.24) is 34.3 Å². The van der Waals surface area contributed by atoms with Crippen molar-refractivity contribution < 1.29 is 27.5 Å². The van der Waals surface area contributed by atoms with Crippen molar-refractivity contribution in [3.63, 3.8) is 0 Å². The lowest BCUT2D eigenvalue weighted by molar-refractivity contribution is -0.130. The Balaban J connectivity index is 1.24. The molecule has 3 aromatic rings. The van der Waals surface area contributed by atoms with Gasteiger partial charge in [0.15, 0.2) is 11.9 Å². The van der Waals surface area contributed by atoms with Gasteiger partial charge in [0.1, 0.15) is 0 Å². The van der Waals surface area contributed by atoms with Gasteiger partial charge in [0, 0.05) is 57.1 Å². The number of alkyl halides is 4. The molecule has 0 radical (unpaired) electrons. The molecule has 0 spiro atoms. The summed E-state index contributed by atoms with van der Waals surface area (Å²) >= 11 is 0. The average Bonchev–Trinajstić information content (AvgIpc) is 3.52. The van der Waals surface area contributed by atoms with E-state index >= 15 is 0 Å². The van der Waals surface area contributed by atoms with Gasteiger partial charge in [-0.25, -0.2) is 18.4 Å². The minimum absolute atomic E-state index is 0.0153. The van der Waals surface area contributed by atoms with E-state index in [0.717, 1.165) is 19.0 Å². The molecule has 0 bridgehead atoms. The minimum Gasteiger partial charge on any atom is -0.368 e. The van der Waals surface area contributed by atoms with Crippen LogP contribution in [0.1, 0.15) is 56.4 Å². The van der Waals surface area contributed by atoms with Crippen LogP contribution in [-0.2, 0) is 4.79 Å². The summed E-state index contributed by atoms with van der Waals surface area (Å²) in [7, 11) is 0. The predicted octanol–water partition coefficient (Wildman–Crippen LogP) is 3.44. The second-order valence-corrected chi connectivity index (χ2v) is 9.53. The van der Waals surface area contributed by atoms with E-state index in [1.807, 2.05) is 4.90 Å². The van der Waals surface area contributed by atoms with Gasteiger partial charge in [0.25, 0.3) is 6.43 Å². The van der Waals surface area contributed by atoms with E-state index in [2.05, 4.69) is 25.4 Å². The van der Waals surface area contributed by atoms with Crippen LogP contribution in [0.2, 0.25) is 0 Å². The molecule has 1 atom stereocenters. The number of piperidine rings is 1. The smallest absolute Gasteiger partial charge is 0.333 e. The van der Waals surface area contributed by atoms with Crippen molar-refractivity contribution in [3.8, 4) is 11.3 Å². The summed E-state index contributed by atoms with van der Waals surface area (Å²) in [5, 5.41) is 21.0. The summed E-state index contributed by atoms with van der Waals surface area (Å²) in [4.78, 5) is 19.9. The number of nitrogens with zero attached hydrogens (tertiary/aromatic N) is 7. The molecule has 3 aromatic heterocycles. The summed E-state index contributed by atoms with van der Waals surface area (Å²) in [6, 6.07) is 4.89. The van der Waals surface area contributed by atoms with Crippen LogP contribution in [0.15, 0.2) is 36.8 Å². The van der Waals surface area contributed by atoms with Gasteiger partial charge in [-0.2, -0.15) is 19.0 Å². The molecule has 5 rings (SSSR count). The van der Waals surface area contributed by atoms with Crippen LogP contribution in [0.4, 0.5) is 23.2 Å². The summed E-state index contributed by atoms with van der Waals surface area (Å²) in [6.07, 6.45) is 1.26. The number of aliphatic hydroxyl groups is 1. The van der Waals surface area contributed by atoms with E-state index in [1.54, 1.807) is 19.1 Å². The number of hydrogen-bond donors (Lipinski definition) is 2. The number of hydrogen-bond acceptors (Lipinski definition) is 7. The van der Waals surface area contributed by atoms with Crippen LogP contribution in [0.25, 0.3) is 11.3 Å². The first-order valence-corrected chi connectivity index (χ1v) is 12.3. The van der Waals surface area contributed by atoms with Crippen LogP contribution in [0.5, 0.6) is 0 Å². The van der Waals surface area contributed by atoms with Crippen molar-refractivity contribution in [2.24, 2.45) is 0 Å². The molecule has 2 fully saturated rings. The number of halogens is 4. The molecular weight excluding hydrogens is 508 g/mol. The molecule has 14 heteroatoms. The van der Waals surface area contributed by atoms with Gasteiger partial charge >= 0.3 is 6.55 Å². The maximum Gasteiger partial charge on any atom is 0.333 e. The lowest BCUT2D eigenvalue weighted by Crippen LogP contribution is -2.56. The van der Waals surface area contributed by atoms with Crippen molar-refractivity contribution in [1.29, 1.82) is 0 Å². The molecule has 0 saturated carbocycles. The lowest BCUT2D eigenvalue weighted by atomic mass is 9.97. The van der Waals surface area contributed by atoms with Crippen molar-refractivity contribution in [2.45, 2.75) is 51.1 Å². The highest BCUT2D eigenvalue weighted by atomic mass is 19.3. The first-order valence-electron chi connectivity index (χ1n) is 12.3. The van der Waals surface area contributed by atoms with E-state index in [-0.39, 0.29) is 23.3 Å².